The molecule has 1 fully saturated rings. The molecule has 2 aromatic carbocycles. The Hall–Kier alpha value is -2.77. The lowest BCUT2D eigenvalue weighted by molar-refractivity contribution is 0.0747. The highest BCUT2D eigenvalue weighted by molar-refractivity contribution is 6.42. The maximum absolute atomic E-state index is 12.8. The van der Waals surface area contributed by atoms with Crippen molar-refractivity contribution in [3.05, 3.63) is 52.0 Å². The van der Waals surface area contributed by atoms with E-state index >= 15 is 0 Å². The van der Waals surface area contributed by atoms with Gasteiger partial charge in [-0.2, -0.15) is 4.98 Å². The second-order valence-electron chi connectivity index (χ2n) is 6.55. The number of fused-ring (bicyclic) bond motifs is 1. The maximum Gasteiger partial charge on any atom is 0.254 e. The number of hydrogen-bond acceptors (Lipinski definition) is 6. The highest BCUT2D eigenvalue weighted by Gasteiger charge is 2.24. The van der Waals surface area contributed by atoms with Gasteiger partial charge in [-0.15, -0.1) is 0 Å². The van der Waals surface area contributed by atoms with Gasteiger partial charge in [0.1, 0.15) is 5.82 Å². The third-order valence-corrected chi connectivity index (χ3v) is 5.56. The zero-order valence-electron chi connectivity index (χ0n) is 14.9. The van der Waals surface area contributed by atoms with Gasteiger partial charge in [-0.05, 0) is 30.3 Å². The Balaban J connectivity index is 1.54. The summed E-state index contributed by atoms with van der Waals surface area (Å²) in [6.07, 6.45) is 0. The van der Waals surface area contributed by atoms with Crippen LogP contribution in [0.5, 0.6) is 0 Å². The van der Waals surface area contributed by atoms with E-state index in [0.717, 1.165) is 11.1 Å². The van der Waals surface area contributed by atoms with Gasteiger partial charge in [-0.25, -0.2) is 4.98 Å². The molecule has 7 nitrogen and oxygen atoms in total. The van der Waals surface area contributed by atoms with Crippen molar-refractivity contribution in [2.45, 2.75) is 0 Å². The first kappa shape index (κ1) is 18.6. The van der Waals surface area contributed by atoms with Crippen molar-refractivity contribution in [3.63, 3.8) is 0 Å². The number of rotatable bonds is 2. The van der Waals surface area contributed by atoms with E-state index in [1.54, 1.807) is 23.1 Å². The Labute approximate surface area is 171 Å². The van der Waals surface area contributed by atoms with E-state index in [-0.39, 0.29) is 11.9 Å². The summed E-state index contributed by atoms with van der Waals surface area (Å²) >= 11 is 12.0. The number of nitrogen functional groups attached to an aromatic ring is 2. The smallest absolute Gasteiger partial charge is 0.254 e. The van der Waals surface area contributed by atoms with Crippen molar-refractivity contribution in [2.75, 3.05) is 42.5 Å². The van der Waals surface area contributed by atoms with Crippen LogP contribution in [0.1, 0.15) is 10.4 Å². The van der Waals surface area contributed by atoms with Crippen LogP contribution in [0.2, 0.25) is 10.0 Å². The van der Waals surface area contributed by atoms with Gasteiger partial charge in [0.05, 0.1) is 26.6 Å². The zero-order chi connectivity index (χ0) is 19.8. The highest BCUT2D eigenvalue weighted by atomic mass is 35.5. The summed E-state index contributed by atoms with van der Waals surface area (Å²) in [6, 6.07) is 10.7. The molecule has 0 unspecified atom stereocenters. The Bertz CT molecular complexity index is 1070. The number of nitrogens with zero attached hydrogens (tertiary/aromatic N) is 4. The Morgan fingerprint density at radius 3 is 2.43 bits per heavy atom. The quantitative estimate of drug-likeness (QED) is 0.665. The van der Waals surface area contributed by atoms with Crippen molar-refractivity contribution < 1.29 is 4.79 Å². The first-order valence-corrected chi connectivity index (χ1v) is 9.50. The van der Waals surface area contributed by atoms with Crippen molar-refractivity contribution in [2.24, 2.45) is 0 Å². The molecule has 0 atom stereocenters. The third-order valence-electron chi connectivity index (χ3n) is 4.82. The molecule has 4 N–H and O–H groups in total. The Kier molecular flexibility index (Phi) is 4.87. The number of anilines is 3. The van der Waals surface area contributed by atoms with Crippen LogP contribution in [0, 0.1) is 0 Å². The van der Waals surface area contributed by atoms with Crippen molar-refractivity contribution in [3.8, 4) is 0 Å². The normalized spacial score (nSPS) is 14.5. The molecule has 0 bridgehead atoms. The van der Waals surface area contributed by atoms with E-state index < -0.39 is 0 Å². The number of benzene rings is 2. The molecule has 2 heterocycles. The molecular weight excluding hydrogens is 399 g/mol. The molecule has 1 aliphatic heterocycles. The molecule has 1 aliphatic rings. The average molecular weight is 417 g/mol. The summed E-state index contributed by atoms with van der Waals surface area (Å²) in [5.41, 5.74) is 14.0. The van der Waals surface area contributed by atoms with E-state index in [2.05, 4.69) is 14.9 Å². The lowest BCUT2D eigenvalue weighted by Crippen LogP contribution is -2.48. The second-order valence-corrected chi connectivity index (χ2v) is 7.36. The van der Waals surface area contributed by atoms with Gasteiger partial charge in [0.2, 0.25) is 5.95 Å². The van der Waals surface area contributed by atoms with Crippen LogP contribution in [-0.4, -0.2) is 47.0 Å². The number of amides is 1. The lowest BCUT2D eigenvalue weighted by Gasteiger charge is -2.36. The van der Waals surface area contributed by atoms with Crippen LogP contribution >= 0.6 is 23.2 Å². The van der Waals surface area contributed by atoms with Gasteiger partial charge in [-0.1, -0.05) is 29.3 Å². The van der Waals surface area contributed by atoms with Crippen LogP contribution in [0.25, 0.3) is 10.9 Å². The molecule has 0 spiro atoms. The number of aromatic nitrogens is 2. The van der Waals surface area contributed by atoms with Gasteiger partial charge in [0.25, 0.3) is 5.91 Å². The van der Waals surface area contributed by atoms with E-state index in [0.29, 0.717) is 53.1 Å². The number of halogens is 2. The predicted octanol–water partition coefficient (Wildman–Crippen LogP) is 3.06. The summed E-state index contributed by atoms with van der Waals surface area (Å²) < 4.78 is 0. The standard InChI is InChI=1S/C19H18Cl2N6O/c20-12-5-4-11(10-13(12)21)18(28)27-8-6-26(7-9-27)15-3-1-2-14-16(15)17(22)25-19(23)24-14/h1-5,10H,6-9H2,(H4,22,23,24,25). The van der Waals surface area contributed by atoms with E-state index in [9.17, 15) is 4.79 Å². The monoisotopic (exact) mass is 416 g/mol. The minimum absolute atomic E-state index is 0.0632. The number of nitrogens with two attached hydrogens (primary N) is 2. The molecule has 9 heteroatoms. The van der Waals surface area contributed by atoms with Gasteiger partial charge in [0, 0.05) is 31.7 Å². The molecule has 144 valence electrons. The van der Waals surface area contributed by atoms with E-state index in [1.807, 2.05) is 18.2 Å². The van der Waals surface area contributed by atoms with Crippen molar-refractivity contribution >= 4 is 57.5 Å². The summed E-state index contributed by atoms with van der Waals surface area (Å²) in [7, 11) is 0. The van der Waals surface area contributed by atoms with Crippen molar-refractivity contribution in [1.82, 2.24) is 14.9 Å². The molecule has 0 saturated carbocycles. The molecule has 0 aliphatic carbocycles. The lowest BCUT2D eigenvalue weighted by atomic mass is 10.1. The van der Waals surface area contributed by atoms with Crippen LogP contribution in [-0.2, 0) is 0 Å². The molecular formula is C19H18Cl2N6O. The third kappa shape index (κ3) is 3.39. The number of piperazine rings is 1. The fourth-order valence-electron chi connectivity index (χ4n) is 3.44. The summed E-state index contributed by atoms with van der Waals surface area (Å²) in [5, 5.41) is 1.58. The fraction of sp³-hybridized carbons (Fsp3) is 0.211. The Morgan fingerprint density at radius 1 is 0.964 bits per heavy atom. The molecule has 1 aromatic heterocycles. The van der Waals surface area contributed by atoms with Crippen LogP contribution in [0.15, 0.2) is 36.4 Å². The zero-order valence-corrected chi connectivity index (χ0v) is 16.4. The molecule has 1 amide bonds. The number of carbonyl (C=O) groups is 1. The first-order valence-electron chi connectivity index (χ1n) is 8.75. The summed E-state index contributed by atoms with van der Waals surface area (Å²) in [4.78, 5) is 25.1. The topological polar surface area (TPSA) is 101 Å². The largest absolute Gasteiger partial charge is 0.383 e. The summed E-state index contributed by atoms with van der Waals surface area (Å²) in [6.45, 7) is 2.47. The molecule has 3 aromatic rings. The molecule has 0 radical (unpaired) electrons. The summed E-state index contributed by atoms with van der Waals surface area (Å²) in [5.74, 6) is 0.443. The predicted molar refractivity (Wildman–Crippen MR) is 113 cm³/mol. The first-order chi connectivity index (χ1) is 13.4. The highest BCUT2D eigenvalue weighted by Crippen LogP contribution is 2.31. The average Bonchev–Trinajstić information content (AvgIpc) is 2.69. The Morgan fingerprint density at radius 2 is 1.71 bits per heavy atom. The fourth-order valence-corrected chi connectivity index (χ4v) is 3.74. The number of hydrogen-bond donors (Lipinski definition) is 2. The molecule has 28 heavy (non-hydrogen) atoms. The van der Waals surface area contributed by atoms with Gasteiger partial charge >= 0.3 is 0 Å². The van der Waals surface area contributed by atoms with E-state index in [4.69, 9.17) is 34.7 Å². The van der Waals surface area contributed by atoms with Crippen LogP contribution < -0.4 is 16.4 Å². The van der Waals surface area contributed by atoms with Gasteiger partial charge in [0.15, 0.2) is 0 Å². The SMILES string of the molecule is Nc1nc(N)c2c(N3CCN(C(=O)c4ccc(Cl)c(Cl)c4)CC3)cccc2n1. The maximum atomic E-state index is 12.8. The minimum Gasteiger partial charge on any atom is -0.383 e. The van der Waals surface area contributed by atoms with Crippen LogP contribution in [0.4, 0.5) is 17.5 Å². The second kappa shape index (κ2) is 7.33. The molecule has 1 saturated heterocycles. The van der Waals surface area contributed by atoms with Gasteiger partial charge < -0.3 is 21.3 Å². The minimum atomic E-state index is -0.0632. The number of carbonyl (C=O) groups excluding carboxylic acids is 1. The van der Waals surface area contributed by atoms with E-state index in [1.165, 1.54) is 0 Å². The van der Waals surface area contributed by atoms with Gasteiger partial charge in [-0.3, -0.25) is 4.79 Å². The molecule has 4 rings (SSSR count). The van der Waals surface area contributed by atoms with Crippen LogP contribution in [0.3, 0.4) is 0 Å². The van der Waals surface area contributed by atoms with Crippen molar-refractivity contribution in [1.29, 1.82) is 0 Å².